The molecule has 0 amide bonds. The molecule has 0 unspecified atom stereocenters. The molecular weight excluding hydrogens is 1120 g/mol. The minimum atomic E-state index is -5.61. The number of carbonyl (C=O) groups is 3. The predicted molar refractivity (Wildman–Crippen MR) is 251 cm³/mol. The molecule has 2 aliphatic rings. The van der Waals surface area contributed by atoms with Crippen molar-refractivity contribution in [2.45, 2.75) is 9.79 Å². The van der Waals surface area contributed by atoms with E-state index in [0.29, 0.717) is 35.0 Å². The van der Waals surface area contributed by atoms with Gasteiger partial charge in [-0.25, -0.2) is 25.3 Å². The number of rotatable bonds is 16. The molecule has 0 bridgehead atoms. The van der Waals surface area contributed by atoms with Crippen LogP contribution in [-0.2, 0) is 39.9 Å². The summed E-state index contributed by atoms with van der Waals surface area (Å²) in [4.78, 5) is 60.6. The Morgan fingerprint density at radius 1 is 0.545 bits per heavy atom. The standard InChI is InChI=1S/C44H34N8O18S3.4Na/c1-68-35-13-7-25(71(59,60)61)19-31(35)49-51-40-34(54)12-10-30(42(40)55)48-50-32-20-26(72(62,63)64)14-23-17-38(73(65,66)67)41(43(56)39(23)32)52-47-29-9-5-22(16-37(29)70-3)21-4-8-28(36(15-21)69-2)46-45-24-6-11-33(53)27(18-24)44(57)58;;;;/h4-20,46-47,49-50H,1-3H3,(H,57,58)(H,59,60,61)(H,62,63,64)(H,65,66,67);;;;/q;4*+1/p-4. The first-order valence-corrected chi connectivity index (χ1v) is 24.3. The molecule has 4 N–H and O–H groups in total. The van der Waals surface area contributed by atoms with E-state index < -0.39 is 112 Å². The Hall–Kier alpha value is -5.00. The van der Waals surface area contributed by atoms with Gasteiger partial charge in [0.1, 0.15) is 58.7 Å². The first-order chi connectivity index (χ1) is 34.4. The number of carboxylic acids is 1. The van der Waals surface area contributed by atoms with Gasteiger partial charge < -0.3 is 37.8 Å². The van der Waals surface area contributed by atoms with Crippen molar-refractivity contribution in [3.8, 4) is 28.4 Å². The molecule has 0 atom stereocenters. The molecular formula is C44H30N8Na4O18S3. The summed E-state index contributed by atoms with van der Waals surface area (Å²) < 4.78 is 126. The summed E-state index contributed by atoms with van der Waals surface area (Å²) in [5, 5.41) is 25.4. The number of nitrogens with one attached hydrogen (secondary N) is 4. The molecule has 5 aromatic carbocycles. The number of ketones is 2. The van der Waals surface area contributed by atoms with Crippen LogP contribution in [-0.4, -0.2) is 89.2 Å². The van der Waals surface area contributed by atoms with Crippen molar-refractivity contribution in [1.29, 1.82) is 0 Å². The van der Waals surface area contributed by atoms with Gasteiger partial charge in [0.15, 0.2) is 11.1 Å². The fraction of sp³-hybridized carbons (Fsp3) is 0.0682. The van der Waals surface area contributed by atoms with Crippen LogP contribution in [0.4, 0.5) is 22.7 Å². The second kappa shape index (κ2) is 27.2. The van der Waals surface area contributed by atoms with E-state index in [2.05, 4.69) is 42.1 Å². The average Bonchev–Trinajstić information content (AvgIpc) is 3.34. The Bertz CT molecular complexity index is 3990. The van der Waals surface area contributed by atoms with E-state index in [1.165, 1.54) is 39.5 Å². The molecule has 0 aromatic heterocycles. The van der Waals surface area contributed by atoms with E-state index in [1.54, 1.807) is 24.3 Å². The summed E-state index contributed by atoms with van der Waals surface area (Å²) >= 11 is 0. The van der Waals surface area contributed by atoms with Crippen LogP contribution in [0.5, 0.6) is 17.2 Å². The van der Waals surface area contributed by atoms with Crippen LogP contribution < -0.4 is 181 Å². The fourth-order valence-electron chi connectivity index (χ4n) is 6.79. The van der Waals surface area contributed by atoms with Crippen molar-refractivity contribution in [2.75, 3.05) is 43.0 Å². The number of hydrogen-bond donors (Lipinski definition) is 4. The summed E-state index contributed by atoms with van der Waals surface area (Å²) in [6, 6.07) is 15.1. The van der Waals surface area contributed by atoms with Crippen molar-refractivity contribution in [1.82, 2.24) is 0 Å². The Kier molecular flexibility index (Phi) is 23.5. The number of nitrogens with zero attached hydrogens (tertiary/aromatic N) is 4. The van der Waals surface area contributed by atoms with Crippen molar-refractivity contribution in [3.63, 3.8) is 0 Å². The molecule has 0 radical (unpaired) electrons. The maximum absolute atomic E-state index is 14.3. The van der Waals surface area contributed by atoms with Crippen LogP contribution in [0.25, 0.3) is 17.2 Å². The number of anilines is 4. The third kappa shape index (κ3) is 15.4. The SMILES string of the molecule is COc1cc(-c2ccc(NN=C3C(=O)c4c(cc(S(=O)(=O)[O-])cc4NN=c4ccc(=O)c(=NNc5cc(S(=O)(=O)[O-])ccc5OC)c4=O)C=C3S(=O)(=O)[O-])c(OC)c2)ccc1NN=C1C=CC(=O)C(C(=O)[O-])=C1.[Na+].[Na+].[Na+].[Na+]. The number of aliphatic carboxylic acids is 1. The topological polar surface area (TPSA) is 405 Å². The molecule has 0 saturated heterocycles. The number of allylic oxidation sites excluding steroid dienone is 4. The molecule has 0 fully saturated rings. The Morgan fingerprint density at radius 3 is 1.64 bits per heavy atom. The van der Waals surface area contributed by atoms with Gasteiger partial charge in [0.05, 0.1) is 76.0 Å². The molecule has 5 aromatic rings. The quantitative estimate of drug-likeness (QED) is 0.0234. The third-order valence-electron chi connectivity index (χ3n) is 10.3. The monoisotopic (exact) mass is 1150 g/mol. The molecule has 77 heavy (non-hydrogen) atoms. The Balaban J connectivity index is 0.00000390. The number of hydrazone groups is 2. The average molecular weight is 1150 g/mol. The number of carboxylic acid groups (broad SMARTS) is 1. The number of hydrogen-bond acceptors (Lipinski definition) is 26. The third-order valence-corrected chi connectivity index (χ3v) is 12.8. The summed E-state index contributed by atoms with van der Waals surface area (Å²) in [7, 11) is -12.1. The maximum Gasteiger partial charge on any atom is 1.00 e. The van der Waals surface area contributed by atoms with Crippen LogP contribution in [0, 0.1) is 0 Å². The second-order valence-corrected chi connectivity index (χ2v) is 18.9. The largest absolute Gasteiger partial charge is 1.00 e. The molecule has 0 saturated carbocycles. The van der Waals surface area contributed by atoms with Crippen molar-refractivity contribution in [3.05, 3.63) is 150 Å². The normalized spacial score (nSPS) is 14.6. The second-order valence-electron chi connectivity index (χ2n) is 14.8. The predicted octanol–water partition coefficient (Wildman–Crippen LogP) is -12.2. The molecule has 0 spiro atoms. The van der Waals surface area contributed by atoms with Gasteiger partial charge >= 0.3 is 118 Å². The zero-order chi connectivity index (χ0) is 53.2. The van der Waals surface area contributed by atoms with Crippen molar-refractivity contribution < 1.29 is 191 Å². The molecule has 26 nitrogen and oxygen atoms in total. The molecule has 0 heterocycles. The molecule has 0 aliphatic heterocycles. The van der Waals surface area contributed by atoms with Crippen LogP contribution in [0.1, 0.15) is 15.9 Å². The van der Waals surface area contributed by atoms with E-state index in [4.69, 9.17) is 14.2 Å². The van der Waals surface area contributed by atoms with E-state index >= 15 is 0 Å². The van der Waals surface area contributed by atoms with Gasteiger partial charge in [-0.2, -0.15) is 20.4 Å². The Morgan fingerprint density at radius 2 is 1.09 bits per heavy atom. The maximum atomic E-state index is 14.3. The van der Waals surface area contributed by atoms with E-state index in [0.717, 1.165) is 42.5 Å². The van der Waals surface area contributed by atoms with Gasteiger partial charge in [0.2, 0.25) is 16.6 Å². The van der Waals surface area contributed by atoms with Crippen LogP contribution in [0.15, 0.2) is 147 Å². The first-order valence-electron chi connectivity index (χ1n) is 20.1. The van der Waals surface area contributed by atoms with Gasteiger partial charge in [0, 0.05) is 5.57 Å². The van der Waals surface area contributed by atoms with Crippen LogP contribution in [0.2, 0.25) is 0 Å². The summed E-state index contributed by atoms with van der Waals surface area (Å²) in [6.07, 6.45) is 3.93. The van der Waals surface area contributed by atoms with E-state index in [9.17, 15) is 68.0 Å². The number of methoxy groups -OCH3 is 3. The zero-order valence-electron chi connectivity index (χ0n) is 41.2. The molecule has 7 rings (SSSR count). The zero-order valence-corrected chi connectivity index (χ0v) is 51.6. The van der Waals surface area contributed by atoms with Crippen LogP contribution >= 0.6 is 0 Å². The van der Waals surface area contributed by atoms with Gasteiger partial charge in [-0.15, -0.1) is 0 Å². The van der Waals surface area contributed by atoms with Gasteiger partial charge in [-0.1, -0.05) is 12.1 Å². The van der Waals surface area contributed by atoms with Gasteiger partial charge in [0.25, 0.3) is 0 Å². The van der Waals surface area contributed by atoms with Gasteiger partial charge in [-0.3, -0.25) is 40.9 Å². The molecule has 376 valence electrons. The summed E-state index contributed by atoms with van der Waals surface area (Å²) in [5.74, 6) is -3.52. The number of benzene rings is 5. The number of fused-ring (bicyclic) bond motifs is 1. The molecule has 33 heteroatoms. The van der Waals surface area contributed by atoms with Crippen LogP contribution in [0.3, 0.4) is 0 Å². The molecule has 2 aliphatic carbocycles. The minimum Gasteiger partial charge on any atom is -0.744 e. The summed E-state index contributed by atoms with van der Waals surface area (Å²) in [6.45, 7) is 0. The van der Waals surface area contributed by atoms with E-state index in [1.807, 2.05) is 0 Å². The number of carbonyl (C=O) groups excluding carboxylic acids is 3. The fourth-order valence-corrected chi connectivity index (χ4v) is 8.47. The van der Waals surface area contributed by atoms with Crippen molar-refractivity contribution >= 4 is 88.1 Å². The van der Waals surface area contributed by atoms with Crippen molar-refractivity contribution in [2.24, 2.45) is 20.4 Å². The van der Waals surface area contributed by atoms with E-state index in [-0.39, 0.29) is 153 Å². The first kappa shape index (κ1) is 66.3. The number of Topliss-reactive ketones (excluding diaryl/α,β-unsaturated/α-hetero) is 1. The smallest absolute Gasteiger partial charge is 0.744 e. The van der Waals surface area contributed by atoms with Gasteiger partial charge in [-0.05, 0) is 108 Å². The summed E-state index contributed by atoms with van der Waals surface area (Å²) in [5.41, 5.74) is 5.34. The minimum absolute atomic E-state index is 0. The Labute approximate surface area is 524 Å². The number of ether oxygens (including phenoxy) is 3.